The molecule has 0 aliphatic carbocycles. The maximum atomic E-state index is 6.40. The van der Waals surface area contributed by atoms with Crippen molar-refractivity contribution >= 4 is 11.6 Å². The zero-order valence-corrected chi connectivity index (χ0v) is 12.6. The van der Waals surface area contributed by atoms with Crippen LogP contribution < -0.4 is 5.73 Å². The molecule has 106 valence electrons. The van der Waals surface area contributed by atoms with Crippen LogP contribution in [0.25, 0.3) is 0 Å². The van der Waals surface area contributed by atoms with Crippen LogP contribution in [0.1, 0.15) is 50.6 Å². The van der Waals surface area contributed by atoms with Crippen molar-refractivity contribution < 1.29 is 0 Å². The highest BCUT2D eigenvalue weighted by Crippen LogP contribution is 2.32. The Morgan fingerprint density at radius 3 is 2.37 bits per heavy atom. The summed E-state index contributed by atoms with van der Waals surface area (Å²) in [5.41, 5.74) is 7.59. The van der Waals surface area contributed by atoms with Gasteiger partial charge in [-0.05, 0) is 44.0 Å². The molecule has 0 bridgehead atoms. The lowest BCUT2D eigenvalue weighted by Gasteiger charge is -2.35. The van der Waals surface area contributed by atoms with E-state index in [0.29, 0.717) is 0 Å². The first-order valence-electron chi connectivity index (χ1n) is 7.48. The molecule has 0 saturated carbocycles. The lowest BCUT2D eigenvalue weighted by molar-refractivity contribution is 0.175. The third kappa shape index (κ3) is 3.71. The van der Waals surface area contributed by atoms with Crippen molar-refractivity contribution in [2.24, 2.45) is 5.73 Å². The highest BCUT2D eigenvalue weighted by atomic mass is 35.5. The maximum Gasteiger partial charge on any atom is 0.0513 e. The van der Waals surface area contributed by atoms with Crippen LogP contribution in [0.15, 0.2) is 24.3 Å². The molecule has 2 unspecified atom stereocenters. The van der Waals surface area contributed by atoms with E-state index in [4.69, 9.17) is 17.3 Å². The standard InChI is InChI=1S/C16H25ClN2/c1-2-15(18)16(13-9-5-6-10-14(13)17)19-11-7-3-4-8-12-19/h5-6,9-10,15-16H,2-4,7-8,11-12,18H2,1H3. The molecule has 1 aromatic rings. The lowest BCUT2D eigenvalue weighted by Crippen LogP contribution is -2.41. The van der Waals surface area contributed by atoms with Gasteiger partial charge in [0.15, 0.2) is 0 Å². The maximum absolute atomic E-state index is 6.40. The molecule has 0 radical (unpaired) electrons. The minimum atomic E-state index is 0.151. The molecule has 1 aromatic carbocycles. The summed E-state index contributed by atoms with van der Waals surface area (Å²) in [4.78, 5) is 2.54. The van der Waals surface area contributed by atoms with Crippen LogP contribution in [0.3, 0.4) is 0 Å². The number of nitrogens with two attached hydrogens (primary N) is 1. The van der Waals surface area contributed by atoms with Gasteiger partial charge in [0.1, 0.15) is 0 Å². The van der Waals surface area contributed by atoms with Gasteiger partial charge in [0.2, 0.25) is 0 Å². The molecule has 0 aromatic heterocycles. The van der Waals surface area contributed by atoms with Crippen molar-refractivity contribution in [1.29, 1.82) is 0 Å². The summed E-state index contributed by atoms with van der Waals surface area (Å²) in [6, 6.07) is 8.57. The van der Waals surface area contributed by atoms with Crippen molar-refractivity contribution in [1.82, 2.24) is 4.90 Å². The molecule has 0 amide bonds. The summed E-state index contributed by atoms with van der Waals surface area (Å²) >= 11 is 6.40. The topological polar surface area (TPSA) is 29.3 Å². The second-order valence-corrected chi connectivity index (χ2v) is 5.90. The highest BCUT2D eigenvalue weighted by molar-refractivity contribution is 6.31. The molecule has 1 aliphatic rings. The molecule has 19 heavy (non-hydrogen) atoms. The largest absolute Gasteiger partial charge is 0.326 e. The number of halogens is 1. The van der Waals surface area contributed by atoms with E-state index in [-0.39, 0.29) is 12.1 Å². The number of likely N-dealkylation sites (tertiary alicyclic amines) is 1. The molecule has 1 fully saturated rings. The van der Waals surface area contributed by atoms with Gasteiger partial charge in [0.05, 0.1) is 6.04 Å². The monoisotopic (exact) mass is 280 g/mol. The lowest BCUT2D eigenvalue weighted by atomic mass is 9.96. The van der Waals surface area contributed by atoms with E-state index in [1.54, 1.807) is 0 Å². The Bertz CT molecular complexity index is 386. The zero-order valence-electron chi connectivity index (χ0n) is 11.8. The first-order chi connectivity index (χ1) is 9.24. The fraction of sp³-hybridized carbons (Fsp3) is 0.625. The predicted molar refractivity (Wildman–Crippen MR) is 82.5 cm³/mol. The smallest absolute Gasteiger partial charge is 0.0513 e. The highest BCUT2D eigenvalue weighted by Gasteiger charge is 2.27. The van der Waals surface area contributed by atoms with Gasteiger partial charge in [-0.3, -0.25) is 4.90 Å². The Labute approximate surface area is 121 Å². The Morgan fingerprint density at radius 2 is 1.79 bits per heavy atom. The van der Waals surface area contributed by atoms with Crippen molar-refractivity contribution in [3.63, 3.8) is 0 Å². The van der Waals surface area contributed by atoms with Crippen LogP contribution in [0.4, 0.5) is 0 Å². The number of hydrogen-bond donors (Lipinski definition) is 1. The van der Waals surface area contributed by atoms with Gasteiger partial charge in [0.25, 0.3) is 0 Å². The van der Waals surface area contributed by atoms with E-state index in [2.05, 4.69) is 24.0 Å². The summed E-state index contributed by atoms with van der Waals surface area (Å²) in [5.74, 6) is 0. The van der Waals surface area contributed by atoms with Crippen LogP contribution in [0.5, 0.6) is 0 Å². The summed E-state index contributed by atoms with van der Waals surface area (Å²) in [5, 5.41) is 0.848. The van der Waals surface area contributed by atoms with E-state index in [9.17, 15) is 0 Å². The van der Waals surface area contributed by atoms with Crippen LogP contribution in [0, 0.1) is 0 Å². The Kier molecular flexibility index (Phi) is 5.68. The molecule has 2 nitrogen and oxygen atoms in total. The quantitative estimate of drug-likeness (QED) is 0.903. The van der Waals surface area contributed by atoms with Gasteiger partial charge in [-0.15, -0.1) is 0 Å². The molecular formula is C16H25ClN2. The molecule has 0 spiro atoms. The van der Waals surface area contributed by atoms with Gasteiger partial charge in [-0.2, -0.15) is 0 Å². The first kappa shape index (κ1) is 14.8. The number of benzene rings is 1. The predicted octanol–water partition coefficient (Wildman–Crippen LogP) is 3.99. The SMILES string of the molecule is CCC(N)C(c1ccccc1Cl)N1CCCCCC1. The molecule has 2 rings (SSSR count). The Balaban J connectivity index is 2.27. The van der Waals surface area contributed by atoms with E-state index in [0.717, 1.165) is 24.5 Å². The fourth-order valence-electron chi connectivity index (χ4n) is 3.01. The molecule has 2 atom stereocenters. The summed E-state index contributed by atoms with van der Waals surface area (Å²) in [6.07, 6.45) is 6.21. The van der Waals surface area contributed by atoms with Crippen LogP contribution in [0.2, 0.25) is 5.02 Å². The van der Waals surface area contributed by atoms with Gasteiger partial charge in [-0.25, -0.2) is 0 Å². The third-order valence-electron chi connectivity index (χ3n) is 4.13. The van der Waals surface area contributed by atoms with E-state index < -0.39 is 0 Å². The van der Waals surface area contributed by atoms with Crippen LogP contribution >= 0.6 is 11.6 Å². The molecule has 1 saturated heterocycles. The van der Waals surface area contributed by atoms with Crippen LogP contribution in [-0.4, -0.2) is 24.0 Å². The normalized spacial score (nSPS) is 20.8. The van der Waals surface area contributed by atoms with Crippen molar-refractivity contribution in [2.45, 2.75) is 51.1 Å². The Morgan fingerprint density at radius 1 is 1.16 bits per heavy atom. The van der Waals surface area contributed by atoms with Crippen molar-refractivity contribution in [2.75, 3.05) is 13.1 Å². The molecule has 1 heterocycles. The third-order valence-corrected chi connectivity index (χ3v) is 4.48. The van der Waals surface area contributed by atoms with E-state index in [1.807, 2.05) is 12.1 Å². The van der Waals surface area contributed by atoms with Gasteiger partial charge in [0, 0.05) is 11.1 Å². The molecular weight excluding hydrogens is 256 g/mol. The second kappa shape index (κ2) is 7.28. The number of rotatable bonds is 4. The summed E-state index contributed by atoms with van der Waals surface area (Å²) in [7, 11) is 0. The minimum absolute atomic E-state index is 0.151. The Hall–Kier alpha value is -0.570. The van der Waals surface area contributed by atoms with Crippen LogP contribution in [-0.2, 0) is 0 Å². The zero-order chi connectivity index (χ0) is 13.7. The number of hydrogen-bond acceptors (Lipinski definition) is 2. The minimum Gasteiger partial charge on any atom is -0.326 e. The van der Waals surface area contributed by atoms with Gasteiger partial charge < -0.3 is 5.73 Å². The van der Waals surface area contributed by atoms with Crippen molar-refractivity contribution in [3.05, 3.63) is 34.9 Å². The average molecular weight is 281 g/mol. The number of nitrogens with zero attached hydrogens (tertiary/aromatic N) is 1. The van der Waals surface area contributed by atoms with Gasteiger partial charge in [-0.1, -0.05) is 49.6 Å². The second-order valence-electron chi connectivity index (χ2n) is 5.49. The average Bonchev–Trinajstić information content (AvgIpc) is 2.70. The molecule has 2 N–H and O–H groups in total. The van der Waals surface area contributed by atoms with E-state index >= 15 is 0 Å². The van der Waals surface area contributed by atoms with Gasteiger partial charge >= 0.3 is 0 Å². The first-order valence-corrected chi connectivity index (χ1v) is 7.86. The summed E-state index contributed by atoms with van der Waals surface area (Å²) < 4.78 is 0. The molecule has 1 aliphatic heterocycles. The van der Waals surface area contributed by atoms with E-state index in [1.165, 1.54) is 31.2 Å². The fourth-order valence-corrected chi connectivity index (χ4v) is 3.26. The van der Waals surface area contributed by atoms with Crippen molar-refractivity contribution in [3.8, 4) is 0 Å². The molecule has 3 heteroatoms. The summed E-state index contributed by atoms with van der Waals surface area (Å²) in [6.45, 7) is 4.44.